The molecular weight excluding hydrogens is 416 g/mol. The third-order valence-corrected chi connectivity index (χ3v) is 4.66. The van der Waals surface area contributed by atoms with Crippen LogP contribution in [0, 0.1) is 6.92 Å². The molecule has 12 nitrogen and oxygen atoms in total. The van der Waals surface area contributed by atoms with Gasteiger partial charge in [-0.2, -0.15) is 8.42 Å². The third kappa shape index (κ3) is 4.55. The lowest BCUT2D eigenvalue weighted by atomic mass is 9.99. The normalized spacial score (nSPS) is 27.7. The van der Waals surface area contributed by atoms with Gasteiger partial charge in [0.05, 0.1) is 0 Å². The maximum absolute atomic E-state index is 11.5. The number of aliphatic carboxylic acids is 1. The summed E-state index contributed by atoms with van der Waals surface area (Å²) in [4.78, 5) is 22.8. The number of rotatable bonds is 5. The Labute approximate surface area is 162 Å². The summed E-state index contributed by atoms with van der Waals surface area (Å²) in [6.07, 6.45) is -10.0. The van der Waals surface area contributed by atoms with Crippen molar-refractivity contribution >= 4 is 27.3 Å². The van der Waals surface area contributed by atoms with Gasteiger partial charge in [-0.15, -0.1) is 0 Å². The van der Waals surface area contributed by atoms with Gasteiger partial charge in [0, 0.05) is 17.5 Å². The van der Waals surface area contributed by atoms with Gasteiger partial charge in [0.15, 0.2) is 12.2 Å². The van der Waals surface area contributed by atoms with Gasteiger partial charge in [0.2, 0.25) is 6.29 Å². The van der Waals surface area contributed by atoms with Crippen LogP contribution in [0.2, 0.25) is 0 Å². The number of carbonyl (C=O) groups is 1. The van der Waals surface area contributed by atoms with E-state index in [1.165, 1.54) is 24.3 Å². The summed E-state index contributed by atoms with van der Waals surface area (Å²) >= 11 is 0. The van der Waals surface area contributed by atoms with Gasteiger partial charge in [-0.3, -0.25) is 4.55 Å². The summed E-state index contributed by atoms with van der Waals surface area (Å²) in [6, 6.07) is 5.43. The minimum absolute atomic E-state index is 0.0621. The smallest absolute Gasteiger partial charge is 0.397 e. The number of carboxylic acids is 1. The zero-order valence-electron chi connectivity index (χ0n) is 14.7. The average Bonchev–Trinajstić information content (AvgIpc) is 2.59. The summed E-state index contributed by atoms with van der Waals surface area (Å²) in [5.41, 5.74) is 0.109. The monoisotopic (exact) mass is 432 g/mol. The SMILES string of the molecule is Cc1cc(=O)oc2cc(OC3OC(C(=O)O)C(O)C(O)C3OS(=O)(=O)O)ccc12. The van der Waals surface area contributed by atoms with Gasteiger partial charge in [0.1, 0.15) is 23.5 Å². The highest BCUT2D eigenvalue weighted by atomic mass is 32.3. The molecule has 0 radical (unpaired) electrons. The van der Waals surface area contributed by atoms with Gasteiger partial charge < -0.3 is 29.2 Å². The van der Waals surface area contributed by atoms with Crippen LogP contribution in [0.3, 0.4) is 0 Å². The van der Waals surface area contributed by atoms with Gasteiger partial charge in [-0.05, 0) is 24.6 Å². The molecule has 0 spiro atoms. The van der Waals surface area contributed by atoms with E-state index in [-0.39, 0.29) is 11.3 Å². The average molecular weight is 432 g/mol. The number of hydrogen-bond donors (Lipinski definition) is 4. The summed E-state index contributed by atoms with van der Waals surface area (Å²) in [6.45, 7) is 1.68. The Bertz CT molecular complexity index is 1090. The van der Waals surface area contributed by atoms with Crippen molar-refractivity contribution in [2.24, 2.45) is 0 Å². The number of aliphatic hydroxyl groups excluding tert-OH is 2. The van der Waals surface area contributed by atoms with E-state index in [0.717, 1.165) is 0 Å². The van der Waals surface area contributed by atoms with Crippen LogP contribution in [0.4, 0.5) is 0 Å². The Morgan fingerprint density at radius 3 is 2.48 bits per heavy atom. The molecule has 13 heteroatoms. The molecule has 5 unspecified atom stereocenters. The van der Waals surface area contributed by atoms with E-state index in [1.807, 2.05) is 0 Å². The molecule has 1 fully saturated rings. The first-order valence-corrected chi connectivity index (χ1v) is 9.44. The fourth-order valence-corrected chi connectivity index (χ4v) is 3.38. The van der Waals surface area contributed by atoms with Gasteiger partial charge in [-0.1, -0.05) is 0 Å². The van der Waals surface area contributed by atoms with E-state index >= 15 is 0 Å². The van der Waals surface area contributed by atoms with E-state index in [1.54, 1.807) is 6.92 Å². The summed E-state index contributed by atoms with van der Waals surface area (Å²) in [5.74, 6) is -1.72. The Hall–Kier alpha value is -2.55. The Morgan fingerprint density at radius 2 is 1.86 bits per heavy atom. The van der Waals surface area contributed by atoms with E-state index in [4.69, 9.17) is 23.6 Å². The number of fused-ring (bicyclic) bond motifs is 1. The minimum atomic E-state index is -5.13. The van der Waals surface area contributed by atoms with Gasteiger partial charge >= 0.3 is 22.0 Å². The standard InChI is InChI=1S/C16H16O12S/c1-6-4-10(17)26-9-5-7(2-3-8(6)9)25-16-14(28-29(22,23)24)12(19)11(18)13(27-16)15(20)21/h2-5,11-14,16,18-19H,1H3,(H,20,21)(H,22,23,24). The maximum Gasteiger partial charge on any atom is 0.397 e. The second-order valence-electron chi connectivity index (χ2n) is 6.26. The van der Waals surface area contributed by atoms with Crippen molar-refractivity contribution in [3.63, 3.8) is 0 Å². The third-order valence-electron chi connectivity index (χ3n) is 4.20. The highest BCUT2D eigenvalue weighted by Gasteiger charge is 2.51. The number of hydrogen-bond acceptors (Lipinski definition) is 10. The molecule has 0 saturated carbocycles. The summed E-state index contributed by atoms with van der Waals surface area (Å²) in [5, 5.41) is 29.6. The van der Waals surface area contributed by atoms with Gasteiger partial charge in [-0.25, -0.2) is 13.8 Å². The predicted octanol–water partition coefficient (Wildman–Crippen LogP) is -0.800. The molecule has 1 aromatic heterocycles. The van der Waals surface area contributed by atoms with Crippen LogP contribution in [0.25, 0.3) is 11.0 Å². The quantitative estimate of drug-likeness (QED) is 0.340. The van der Waals surface area contributed by atoms with Crippen LogP contribution in [0.1, 0.15) is 5.56 Å². The number of carboxylic acid groups (broad SMARTS) is 1. The summed E-state index contributed by atoms with van der Waals surface area (Å²) in [7, 11) is -5.13. The van der Waals surface area contributed by atoms with Crippen LogP contribution in [-0.2, 0) is 24.1 Å². The number of aliphatic hydroxyl groups is 2. The first kappa shape index (κ1) is 21.2. The fraction of sp³-hybridized carbons (Fsp3) is 0.375. The highest BCUT2D eigenvalue weighted by Crippen LogP contribution is 2.29. The molecule has 0 aliphatic carbocycles. The van der Waals surface area contributed by atoms with Crippen molar-refractivity contribution in [2.75, 3.05) is 0 Å². The molecule has 1 aromatic carbocycles. The van der Waals surface area contributed by atoms with Crippen LogP contribution >= 0.6 is 0 Å². The molecule has 4 N–H and O–H groups in total. The lowest BCUT2D eigenvalue weighted by molar-refractivity contribution is -0.265. The van der Waals surface area contributed by atoms with E-state index < -0.39 is 52.7 Å². The lowest BCUT2D eigenvalue weighted by Gasteiger charge is -2.39. The van der Waals surface area contributed by atoms with Gasteiger partial charge in [0.25, 0.3) is 0 Å². The zero-order valence-corrected chi connectivity index (χ0v) is 15.5. The molecule has 3 rings (SSSR count). The largest absolute Gasteiger partial charge is 0.479 e. The van der Waals surface area contributed by atoms with E-state index in [0.29, 0.717) is 10.9 Å². The first-order chi connectivity index (χ1) is 13.5. The minimum Gasteiger partial charge on any atom is -0.479 e. The van der Waals surface area contributed by atoms with Crippen molar-refractivity contribution in [3.8, 4) is 5.75 Å². The predicted molar refractivity (Wildman–Crippen MR) is 92.6 cm³/mol. The molecule has 2 aromatic rings. The second-order valence-corrected chi connectivity index (χ2v) is 7.31. The molecule has 158 valence electrons. The molecule has 1 aliphatic rings. The van der Waals surface area contributed by atoms with Crippen LogP contribution in [-0.4, -0.2) is 65.0 Å². The molecule has 1 saturated heterocycles. The summed E-state index contributed by atoms with van der Waals surface area (Å²) < 4.78 is 50.8. The molecule has 2 heterocycles. The first-order valence-electron chi connectivity index (χ1n) is 8.07. The number of benzene rings is 1. The fourth-order valence-electron chi connectivity index (χ4n) is 2.89. The molecule has 5 atom stereocenters. The second kappa shape index (κ2) is 7.70. The molecule has 0 bridgehead atoms. The van der Waals surface area contributed by atoms with E-state index in [2.05, 4.69) is 4.18 Å². The Balaban J connectivity index is 1.97. The number of ether oxygens (including phenoxy) is 2. The van der Waals surface area contributed by atoms with Crippen LogP contribution < -0.4 is 10.4 Å². The Morgan fingerprint density at radius 1 is 1.17 bits per heavy atom. The molecule has 0 amide bonds. The van der Waals surface area contributed by atoms with Crippen LogP contribution in [0.15, 0.2) is 33.5 Å². The zero-order chi connectivity index (χ0) is 21.5. The molecular formula is C16H16O12S. The van der Waals surface area contributed by atoms with E-state index in [9.17, 15) is 28.2 Å². The van der Waals surface area contributed by atoms with Crippen LogP contribution in [0.5, 0.6) is 5.75 Å². The van der Waals surface area contributed by atoms with Crippen molar-refractivity contribution < 1.29 is 51.2 Å². The number of aryl methyl sites for hydroxylation is 1. The molecule has 1 aliphatic heterocycles. The maximum atomic E-state index is 11.5. The topological polar surface area (TPSA) is 190 Å². The van der Waals surface area contributed by atoms with Crippen molar-refractivity contribution in [3.05, 3.63) is 40.2 Å². The van der Waals surface area contributed by atoms with Crippen molar-refractivity contribution in [1.29, 1.82) is 0 Å². The Kier molecular flexibility index (Phi) is 5.62. The van der Waals surface area contributed by atoms with Crippen molar-refractivity contribution in [2.45, 2.75) is 37.6 Å². The van der Waals surface area contributed by atoms with Crippen molar-refractivity contribution in [1.82, 2.24) is 0 Å². The highest BCUT2D eigenvalue weighted by molar-refractivity contribution is 7.80. The lowest BCUT2D eigenvalue weighted by Crippen LogP contribution is -2.62. The molecule has 29 heavy (non-hydrogen) atoms.